The number of rotatable bonds is 2. The van der Waals surface area contributed by atoms with Crippen LogP contribution < -0.4 is 0 Å². The number of nitrogens with zero attached hydrogens (tertiary/aromatic N) is 4. The molecule has 0 spiro atoms. The van der Waals surface area contributed by atoms with Crippen LogP contribution in [0.15, 0.2) is 15.6 Å². The number of aromatic amines is 1. The van der Waals surface area contributed by atoms with Crippen molar-refractivity contribution in [2.75, 3.05) is 0 Å². The van der Waals surface area contributed by atoms with Crippen molar-refractivity contribution in [1.29, 1.82) is 0 Å². The first-order valence-corrected chi connectivity index (χ1v) is 4.77. The summed E-state index contributed by atoms with van der Waals surface area (Å²) in [4.78, 5) is 4.17. The lowest BCUT2D eigenvalue weighted by atomic mass is 10.8. The van der Waals surface area contributed by atoms with Crippen LogP contribution in [0.3, 0.4) is 0 Å². The molecule has 0 radical (unpaired) electrons. The Morgan fingerprint density at radius 1 is 1.58 bits per heavy atom. The van der Waals surface area contributed by atoms with Gasteiger partial charge in [-0.3, -0.25) is 0 Å². The zero-order valence-electron chi connectivity index (χ0n) is 6.18. The molecule has 2 rings (SSSR count). The predicted octanol–water partition coefficient (Wildman–Crippen LogP) is 1.12. The minimum Gasteiger partial charge on any atom is -0.213 e. The molecule has 0 bridgehead atoms. The summed E-state index contributed by atoms with van der Waals surface area (Å²) in [5.74, 6) is 0.797. The summed E-state index contributed by atoms with van der Waals surface area (Å²) in [6, 6.07) is 0. The Labute approximate surface area is 76.8 Å². The highest BCUT2D eigenvalue weighted by Gasteiger charge is 2.04. The lowest BCUT2D eigenvalue weighted by Crippen LogP contribution is -1.73. The van der Waals surface area contributed by atoms with Crippen molar-refractivity contribution in [3.63, 3.8) is 0 Å². The van der Waals surface area contributed by atoms with Crippen LogP contribution in [0, 0.1) is 6.92 Å². The summed E-state index contributed by atoms with van der Waals surface area (Å²) in [7, 11) is 0. The molecule has 0 amide bonds. The summed E-state index contributed by atoms with van der Waals surface area (Å²) in [5, 5.41) is 10.9. The van der Waals surface area contributed by atoms with Gasteiger partial charge in [-0.05, 0) is 30.2 Å². The highest BCUT2D eigenvalue weighted by atomic mass is 32.2. The molecule has 12 heavy (non-hydrogen) atoms. The molecule has 2 heterocycles. The first-order valence-electron chi connectivity index (χ1n) is 3.18. The third-order valence-corrected chi connectivity index (χ3v) is 2.84. The normalized spacial score (nSPS) is 10.4. The Hall–Kier alpha value is -0.950. The van der Waals surface area contributed by atoms with Crippen molar-refractivity contribution < 1.29 is 0 Å². The molecule has 62 valence electrons. The molecular weight excluding hydrogens is 194 g/mol. The number of hydrogen-bond donors (Lipinski definition) is 1. The molecule has 0 atom stereocenters. The van der Waals surface area contributed by atoms with E-state index in [1.165, 1.54) is 23.3 Å². The van der Waals surface area contributed by atoms with Crippen molar-refractivity contribution in [2.24, 2.45) is 0 Å². The van der Waals surface area contributed by atoms with Gasteiger partial charge in [0.15, 0.2) is 4.34 Å². The second-order valence-corrected chi connectivity index (χ2v) is 4.04. The van der Waals surface area contributed by atoms with Gasteiger partial charge in [0, 0.05) is 0 Å². The average molecular weight is 199 g/mol. The minimum atomic E-state index is 0.797. The molecule has 0 fully saturated rings. The van der Waals surface area contributed by atoms with Gasteiger partial charge in [0.2, 0.25) is 0 Å². The van der Waals surface area contributed by atoms with Crippen molar-refractivity contribution in [1.82, 2.24) is 24.8 Å². The first kappa shape index (κ1) is 7.69. The smallest absolute Gasteiger partial charge is 0.176 e. The van der Waals surface area contributed by atoms with Crippen LogP contribution in [0.1, 0.15) is 5.82 Å². The molecular formula is C5H5N5S2. The quantitative estimate of drug-likeness (QED) is 0.784. The molecule has 7 heteroatoms. The molecule has 0 aliphatic carbocycles. The van der Waals surface area contributed by atoms with Crippen LogP contribution in [0.4, 0.5) is 0 Å². The van der Waals surface area contributed by atoms with E-state index in [0.717, 1.165) is 15.2 Å². The monoisotopic (exact) mass is 199 g/mol. The number of aromatic nitrogens is 5. The maximum Gasteiger partial charge on any atom is 0.176 e. The fourth-order valence-corrected chi connectivity index (χ4v) is 2.14. The Morgan fingerprint density at radius 3 is 3.08 bits per heavy atom. The number of nitrogens with one attached hydrogen (secondary N) is 1. The van der Waals surface area contributed by atoms with E-state index >= 15 is 0 Å². The minimum absolute atomic E-state index is 0.797. The second-order valence-electron chi connectivity index (χ2n) is 2.02. The maximum atomic E-state index is 4.17. The molecule has 0 saturated heterocycles. The standard InChI is InChI=1S/C5H5N5S2/c1-3-7-5(12-9-3)11-4-2-6-10-8-4/h2H,1H3,(H,6,8,10). The molecule has 0 unspecified atom stereocenters. The van der Waals surface area contributed by atoms with Crippen LogP contribution in [0.2, 0.25) is 0 Å². The van der Waals surface area contributed by atoms with E-state index in [1.54, 1.807) is 6.20 Å². The third-order valence-electron chi connectivity index (χ3n) is 1.09. The molecule has 1 N–H and O–H groups in total. The summed E-state index contributed by atoms with van der Waals surface area (Å²) in [5.41, 5.74) is 0. The van der Waals surface area contributed by atoms with Gasteiger partial charge < -0.3 is 0 Å². The topological polar surface area (TPSA) is 67.3 Å². The highest BCUT2D eigenvalue weighted by Crippen LogP contribution is 2.25. The fourth-order valence-electron chi connectivity index (χ4n) is 0.649. The maximum absolute atomic E-state index is 4.17. The van der Waals surface area contributed by atoms with Crippen LogP contribution in [-0.2, 0) is 0 Å². The van der Waals surface area contributed by atoms with Crippen LogP contribution in [0.25, 0.3) is 0 Å². The summed E-state index contributed by atoms with van der Waals surface area (Å²) in [6.07, 6.45) is 1.65. The summed E-state index contributed by atoms with van der Waals surface area (Å²) in [6.45, 7) is 1.86. The van der Waals surface area contributed by atoms with Crippen molar-refractivity contribution >= 4 is 23.3 Å². The average Bonchev–Trinajstić information content (AvgIpc) is 2.63. The van der Waals surface area contributed by atoms with Gasteiger partial charge in [-0.15, -0.1) is 5.10 Å². The Bertz CT molecular complexity index is 354. The van der Waals surface area contributed by atoms with Gasteiger partial charge in [0.05, 0.1) is 6.20 Å². The van der Waals surface area contributed by atoms with Gasteiger partial charge in [-0.2, -0.15) is 14.7 Å². The van der Waals surface area contributed by atoms with Gasteiger partial charge >= 0.3 is 0 Å². The van der Waals surface area contributed by atoms with E-state index in [4.69, 9.17) is 0 Å². The third kappa shape index (κ3) is 1.62. The van der Waals surface area contributed by atoms with E-state index in [2.05, 4.69) is 24.8 Å². The molecule has 0 saturated carbocycles. The molecule has 0 aliphatic rings. The largest absolute Gasteiger partial charge is 0.213 e. The molecule has 0 aromatic carbocycles. The fraction of sp³-hybridized carbons (Fsp3) is 0.200. The van der Waals surface area contributed by atoms with Gasteiger partial charge in [0.25, 0.3) is 0 Å². The lowest BCUT2D eigenvalue weighted by Gasteiger charge is -1.84. The number of hydrogen-bond acceptors (Lipinski definition) is 6. The van der Waals surface area contributed by atoms with Gasteiger partial charge in [0.1, 0.15) is 10.9 Å². The van der Waals surface area contributed by atoms with E-state index in [9.17, 15) is 0 Å². The number of H-pyrrole nitrogens is 1. The van der Waals surface area contributed by atoms with Crippen molar-refractivity contribution in [2.45, 2.75) is 16.3 Å². The van der Waals surface area contributed by atoms with Crippen LogP contribution in [0.5, 0.6) is 0 Å². The summed E-state index contributed by atoms with van der Waals surface area (Å²) < 4.78 is 4.94. The Kier molecular flexibility index (Phi) is 2.05. The van der Waals surface area contributed by atoms with Crippen molar-refractivity contribution in [3.05, 3.63) is 12.0 Å². The van der Waals surface area contributed by atoms with Crippen LogP contribution in [-0.4, -0.2) is 24.8 Å². The zero-order valence-corrected chi connectivity index (χ0v) is 7.82. The number of aryl methyl sites for hydroxylation is 1. The van der Waals surface area contributed by atoms with Crippen molar-refractivity contribution in [3.8, 4) is 0 Å². The van der Waals surface area contributed by atoms with E-state index in [1.807, 2.05) is 6.92 Å². The molecule has 2 aromatic heterocycles. The van der Waals surface area contributed by atoms with Gasteiger partial charge in [-0.25, -0.2) is 4.98 Å². The molecule has 0 aliphatic heterocycles. The zero-order chi connectivity index (χ0) is 8.39. The first-order chi connectivity index (χ1) is 5.84. The van der Waals surface area contributed by atoms with E-state index in [-0.39, 0.29) is 0 Å². The van der Waals surface area contributed by atoms with Gasteiger partial charge in [-0.1, -0.05) is 0 Å². The van der Waals surface area contributed by atoms with E-state index in [0.29, 0.717) is 0 Å². The lowest BCUT2D eigenvalue weighted by molar-refractivity contribution is 0.910. The Morgan fingerprint density at radius 2 is 2.50 bits per heavy atom. The second kappa shape index (κ2) is 3.20. The van der Waals surface area contributed by atoms with E-state index < -0.39 is 0 Å². The molecule has 5 nitrogen and oxygen atoms in total. The SMILES string of the molecule is Cc1nsc(Sc2cn[nH]n2)n1. The predicted molar refractivity (Wildman–Crippen MR) is 45.2 cm³/mol. The summed E-state index contributed by atoms with van der Waals surface area (Å²) >= 11 is 2.82. The Balaban J connectivity index is 2.14. The molecule has 2 aromatic rings. The highest BCUT2D eigenvalue weighted by molar-refractivity contribution is 8.00. The van der Waals surface area contributed by atoms with Crippen LogP contribution >= 0.6 is 23.3 Å².